The van der Waals surface area contributed by atoms with Gasteiger partial charge in [-0.2, -0.15) is 4.98 Å². The van der Waals surface area contributed by atoms with Gasteiger partial charge >= 0.3 is 12.0 Å². The van der Waals surface area contributed by atoms with Crippen LogP contribution in [0.4, 0.5) is 0 Å². The Kier molecular flexibility index (Phi) is 3.98. The van der Waals surface area contributed by atoms with Crippen LogP contribution in [0.15, 0.2) is 30.3 Å². The van der Waals surface area contributed by atoms with Crippen molar-refractivity contribution in [2.45, 2.75) is 26.7 Å². The number of carboxylic acids is 1. The Labute approximate surface area is 117 Å². The first-order valence-electron chi connectivity index (χ1n) is 6.32. The average molecular weight is 272 g/mol. The summed E-state index contributed by atoms with van der Waals surface area (Å²) in [7, 11) is 0. The molecule has 0 aliphatic heterocycles. The van der Waals surface area contributed by atoms with E-state index in [0.717, 1.165) is 0 Å². The van der Waals surface area contributed by atoms with Crippen LogP contribution in [0.2, 0.25) is 0 Å². The molecule has 1 aromatic carbocycles. The highest BCUT2D eigenvalue weighted by atomic mass is 16.5. The van der Waals surface area contributed by atoms with Crippen molar-refractivity contribution in [2.24, 2.45) is 0 Å². The van der Waals surface area contributed by atoms with E-state index < -0.39 is 5.97 Å². The number of hydrogen-bond donors (Lipinski definition) is 1. The Hall–Kier alpha value is -2.43. The Balaban J connectivity index is 2.23. The molecule has 0 radical (unpaired) electrons. The Morgan fingerprint density at radius 1 is 1.20 bits per heavy atom. The molecule has 1 N–H and O–H groups in total. The monoisotopic (exact) mass is 272 g/mol. The van der Waals surface area contributed by atoms with Gasteiger partial charge in [-0.15, -0.1) is 0 Å². The first-order valence-corrected chi connectivity index (χ1v) is 6.32. The molecule has 20 heavy (non-hydrogen) atoms. The van der Waals surface area contributed by atoms with Gasteiger partial charge in [0.05, 0.1) is 0 Å². The van der Waals surface area contributed by atoms with Gasteiger partial charge in [-0.05, 0) is 36.6 Å². The van der Waals surface area contributed by atoms with E-state index in [0.29, 0.717) is 17.4 Å². The summed E-state index contributed by atoms with van der Waals surface area (Å²) in [6.45, 7) is 5.92. The third-order valence-electron chi connectivity index (χ3n) is 2.81. The van der Waals surface area contributed by atoms with Gasteiger partial charge < -0.3 is 9.84 Å². The second kappa shape index (κ2) is 5.69. The summed E-state index contributed by atoms with van der Waals surface area (Å²) in [6.07, 6.45) is 0. The maximum Gasteiger partial charge on any atom is 0.354 e. The summed E-state index contributed by atoms with van der Waals surface area (Å²) < 4.78 is 5.50. The molecule has 1 aromatic heterocycles. The van der Waals surface area contributed by atoms with Crippen molar-refractivity contribution in [1.29, 1.82) is 0 Å². The van der Waals surface area contributed by atoms with Gasteiger partial charge in [-0.1, -0.05) is 26.0 Å². The zero-order valence-corrected chi connectivity index (χ0v) is 11.6. The van der Waals surface area contributed by atoms with Crippen LogP contribution in [0.5, 0.6) is 11.8 Å². The third kappa shape index (κ3) is 3.32. The van der Waals surface area contributed by atoms with E-state index in [2.05, 4.69) is 23.8 Å². The van der Waals surface area contributed by atoms with E-state index in [1.807, 2.05) is 24.3 Å². The van der Waals surface area contributed by atoms with Gasteiger partial charge in [0.25, 0.3) is 0 Å². The van der Waals surface area contributed by atoms with E-state index >= 15 is 0 Å². The second-order valence-electron chi connectivity index (χ2n) is 4.81. The standard InChI is InChI=1S/C15H16N2O3/c1-9(2)11-4-6-12(7-5-11)20-15-16-10(3)8-13(17-15)14(18)19/h4-9H,1-3H3,(H,18,19). The molecule has 0 spiro atoms. The number of aromatic nitrogens is 2. The van der Waals surface area contributed by atoms with Crippen LogP contribution in [0.3, 0.4) is 0 Å². The Bertz CT molecular complexity index is 622. The van der Waals surface area contributed by atoms with E-state index in [4.69, 9.17) is 9.84 Å². The minimum absolute atomic E-state index is 0.0414. The number of benzene rings is 1. The fraction of sp³-hybridized carbons (Fsp3) is 0.267. The number of aromatic carboxylic acids is 1. The quantitative estimate of drug-likeness (QED) is 0.923. The molecule has 5 heteroatoms. The minimum atomic E-state index is -1.10. The summed E-state index contributed by atoms with van der Waals surface area (Å²) >= 11 is 0. The lowest BCUT2D eigenvalue weighted by Crippen LogP contribution is -2.04. The molecule has 0 amide bonds. The first-order chi connectivity index (χ1) is 9.45. The highest BCUT2D eigenvalue weighted by Gasteiger charge is 2.10. The highest BCUT2D eigenvalue weighted by Crippen LogP contribution is 2.22. The number of carboxylic acid groups (broad SMARTS) is 1. The Morgan fingerprint density at radius 3 is 2.40 bits per heavy atom. The third-order valence-corrected chi connectivity index (χ3v) is 2.81. The fourth-order valence-corrected chi connectivity index (χ4v) is 1.72. The molecule has 0 aliphatic rings. The van der Waals surface area contributed by atoms with Crippen molar-refractivity contribution in [3.05, 3.63) is 47.3 Å². The molecular weight excluding hydrogens is 256 g/mol. The topological polar surface area (TPSA) is 72.3 Å². The molecule has 0 saturated heterocycles. The maximum absolute atomic E-state index is 10.9. The van der Waals surface area contributed by atoms with Crippen molar-refractivity contribution in [3.8, 4) is 11.8 Å². The number of carbonyl (C=O) groups is 1. The lowest BCUT2D eigenvalue weighted by molar-refractivity contribution is 0.0689. The van der Waals surface area contributed by atoms with Crippen LogP contribution in [-0.4, -0.2) is 21.0 Å². The van der Waals surface area contributed by atoms with Crippen LogP contribution in [0, 0.1) is 6.92 Å². The summed E-state index contributed by atoms with van der Waals surface area (Å²) in [6, 6.07) is 9.02. The number of nitrogens with zero attached hydrogens (tertiary/aromatic N) is 2. The van der Waals surface area contributed by atoms with E-state index in [1.54, 1.807) is 6.92 Å². The average Bonchev–Trinajstić information content (AvgIpc) is 2.38. The summed E-state index contributed by atoms with van der Waals surface area (Å²) in [5, 5.41) is 8.95. The van der Waals surface area contributed by atoms with Gasteiger partial charge in [-0.25, -0.2) is 9.78 Å². The SMILES string of the molecule is Cc1cc(C(=O)O)nc(Oc2ccc(C(C)C)cc2)n1. The molecule has 1 heterocycles. The van der Waals surface area contributed by atoms with E-state index in [1.165, 1.54) is 11.6 Å². The molecule has 0 saturated carbocycles. The van der Waals surface area contributed by atoms with E-state index in [9.17, 15) is 4.79 Å². The number of rotatable bonds is 4. The Morgan fingerprint density at radius 2 is 1.85 bits per heavy atom. The minimum Gasteiger partial charge on any atom is -0.477 e. The lowest BCUT2D eigenvalue weighted by Gasteiger charge is -2.08. The van der Waals surface area contributed by atoms with E-state index in [-0.39, 0.29) is 11.7 Å². The van der Waals surface area contributed by atoms with Crippen LogP contribution >= 0.6 is 0 Å². The van der Waals surface area contributed by atoms with Crippen LogP contribution in [-0.2, 0) is 0 Å². The first kappa shape index (κ1) is 14.0. The smallest absolute Gasteiger partial charge is 0.354 e. The van der Waals surface area contributed by atoms with Gasteiger partial charge in [0, 0.05) is 5.69 Å². The number of ether oxygens (including phenoxy) is 1. The largest absolute Gasteiger partial charge is 0.477 e. The lowest BCUT2D eigenvalue weighted by atomic mass is 10.0. The molecule has 5 nitrogen and oxygen atoms in total. The van der Waals surface area contributed by atoms with Crippen LogP contribution in [0.1, 0.15) is 41.5 Å². The van der Waals surface area contributed by atoms with Gasteiger partial charge in [-0.3, -0.25) is 0 Å². The zero-order chi connectivity index (χ0) is 14.7. The van der Waals surface area contributed by atoms with Gasteiger partial charge in [0.1, 0.15) is 5.75 Å². The molecule has 2 aromatic rings. The molecule has 0 atom stereocenters. The van der Waals surface area contributed by atoms with Crippen LogP contribution < -0.4 is 4.74 Å². The van der Waals surface area contributed by atoms with Crippen molar-refractivity contribution >= 4 is 5.97 Å². The predicted octanol–water partition coefficient (Wildman–Crippen LogP) is 3.40. The number of hydrogen-bond acceptors (Lipinski definition) is 4. The summed E-state index contributed by atoms with van der Waals surface area (Å²) in [5.74, 6) is -0.0790. The van der Waals surface area contributed by atoms with Crippen molar-refractivity contribution in [2.75, 3.05) is 0 Å². The van der Waals surface area contributed by atoms with Gasteiger partial charge in [0.2, 0.25) is 0 Å². The molecule has 104 valence electrons. The molecular formula is C15H16N2O3. The molecule has 0 unspecified atom stereocenters. The molecule has 2 rings (SSSR count). The van der Waals surface area contributed by atoms with Crippen LogP contribution in [0.25, 0.3) is 0 Å². The summed E-state index contributed by atoms with van der Waals surface area (Å²) in [4.78, 5) is 18.9. The molecule has 0 bridgehead atoms. The number of aryl methyl sites for hydroxylation is 1. The highest BCUT2D eigenvalue weighted by molar-refractivity contribution is 5.85. The summed E-state index contributed by atoms with van der Waals surface area (Å²) in [5.41, 5.74) is 1.67. The van der Waals surface area contributed by atoms with Gasteiger partial charge in [0.15, 0.2) is 5.69 Å². The van der Waals surface area contributed by atoms with Crippen molar-refractivity contribution < 1.29 is 14.6 Å². The molecule has 0 aliphatic carbocycles. The normalized spacial score (nSPS) is 10.6. The molecule has 0 fully saturated rings. The van der Waals surface area contributed by atoms with Crippen molar-refractivity contribution in [3.63, 3.8) is 0 Å². The second-order valence-corrected chi connectivity index (χ2v) is 4.81. The zero-order valence-electron chi connectivity index (χ0n) is 11.6. The van der Waals surface area contributed by atoms with Crippen molar-refractivity contribution in [1.82, 2.24) is 9.97 Å². The maximum atomic E-state index is 10.9. The predicted molar refractivity (Wildman–Crippen MR) is 74.3 cm³/mol. The fourth-order valence-electron chi connectivity index (χ4n) is 1.72.